The van der Waals surface area contributed by atoms with Gasteiger partial charge < -0.3 is 5.11 Å². The van der Waals surface area contributed by atoms with Crippen molar-refractivity contribution >= 4 is 18.2 Å². The minimum absolute atomic E-state index is 0.414. The molecule has 0 aromatic carbocycles. The van der Waals surface area contributed by atoms with Gasteiger partial charge in [0.2, 0.25) is 0 Å². The lowest BCUT2D eigenvalue weighted by Gasteiger charge is -2.41. The largest absolute Gasteiger partial charge is 0.396 e. The van der Waals surface area contributed by atoms with Gasteiger partial charge in [-0.15, -0.1) is 0 Å². The van der Waals surface area contributed by atoms with Crippen LogP contribution in [0.3, 0.4) is 0 Å². The summed E-state index contributed by atoms with van der Waals surface area (Å²) in [6.07, 6.45) is -1.37. The van der Waals surface area contributed by atoms with E-state index in [9.17, 15) is 26.8 Å². The molecular weight excluding hydrogens is 289 g/mol. The predicted molar refractivity (Wildman–Crippen MR) is 63.9 cm³/mol. The molecule has 0 amide bonds. The Morgan fingerprint density at radius 2 is 1.67 bits per heavy atom. The molecule has 0 aromatic rings. The van der Waals surface area contributed by atoms with Crippen LogP contribution in [0.2, 0.25) is 18.1 Å². The summed E-state index contributed by atoms with van der Waals surface area (Å²) in [6.45, 7) is 8.66. The third-order valence-corrected chi connectivity index (χ3v) is 10.4. The zero-order chi connectivity index (χ0) is 15.0. The van der Waals surface area contributed by atoms with Gasteiger partial charge in [-0.1, -0.05) is 38.3 Å². The van der Waals surface area contributed by atoms with Crippen LogP contribution in [0.4, 0.5) is 13.3 Å². The van der Waals surface area contributed by atoms with Crippen molar-refractivity contribution in [3.8, 4) is 0 Å². The van der Waals surface area contributed by atoms with Gasteiger partial charge in [0.05, 0.1) is 20.2 Å². The van der Waals surface area contributed by atoms with E-state index < -0.39 is 40.6 Å². The SMILES string of the molecule is CC(C)(C)[Si](C)(C)C(O)CC(F)(F)S(=O)(=O)OF. The summed E-state index contributed by atoms with van der Waals surface area (Å²) < 4.78 is 61.9. The Bertz CT molecular complexity index is 389. The Kier molecular flexibility index (Phi) is 5.07. The molecule has 4 nitrogen and oxygen atoms in total. The van der Waals surface area contributed by atoms with Crippen LogP contribution in [-0.4, -0.2) is 32.6 Å². The highest BCUT2D eigenvalue weighted by atomic mass is 32.2. The van der Waals surface area contributed by atoms with E-state index >= 15 is 0 Å². The van der Waals surface area contributed by atoms with E-state index in [0.717, 1.165) is 0 Å². The minimum atomic E-state index is -5.64. The average molecular weight is 308 g/mol. The van der Waals surface area contributed by atoms with Crippen molar-refractivity contribution in [3.63, 3.8) is 0 Å². The number of alkyl halides is 2. The van der Waals surface area contributed by atoms with E-state index in [2.05, 4.69) is 4.39 Å². The van der Waals surface area contributed by atoms with Gasteiger partial charge in [0.25, 0.3) is 0 Å². The number of rotatable bonds is 5. The van der Waals surface area contributed by atoms with Crippen molar-refractivity contribution in [1.82, 2.24) is 0 Å². The van der Waals surface area contributed by atoms with Gasteiger partial charge in [-0.3, -0.25) is 0 Å². The topological polar surface area (TPSA) is 63.6 Å². The average Bonchev–Trinajstić information content (AvgIpc) is 2.14. The molecule has 0 aromatic heterocycles. The molecule has 0 aliphatic heterocycles. The molecule has 0 bridgehead atoms. The van der Waals surface area contributed by atoms with Crippen LogP contribution in [0.15, 0.2) is 0 Å². The second-order valence-electron chi connectivity index (χ2n) is 5.85. The fraction of sp³-hybridized carbons (Fsp3) is 1.00. The third-order valence-electron chi connectivity index (χ3n) is 3.65. The van der Waals surface area contributed by atoms with Crippen molar-refractivity contribution in [2.75, 3.05) is 0 Å². The fourth-order valence-electron chi connectivity index (χ4n) is 1.13. The van der Waals surface area contributed by atoms with Crippen LogP contribution in [0.1, 0.15) is 27.2 Å². The minimum Gasteiger partial charge on any atom is -0.396 e. The van der Waals surface area contributed by atoms with E-state index in [1.54, 1.807) is 33.9 Å². The quantitative estimate of drug-likeness (QED) is 0.793. The predicted octanol–water partition coefficient (Wildman–Crippen LogP) is 2.61. The molecule has 1 unspecified atom stereocenters. The highest BCUT2D eigenvalue weighted by Crippen LogP contribution is 2.41. The summed E-state index contributed by atoms with van der Waals surface area (Å²) in [7, 11) is -8.21. The van der Waals surface area contributed by atoms with Gasteiger partial charge in [-0.25, -0.2) is 0 Å². The van der Waals surface area contributed by atoms with E-state index in [-0.39, 0.29) is 0 Å². The number of aliphatic hydroxyl groups excluding tert-OH is 1. The maximum absolute atomic E-state index is 13.3. The zero-order valence-corrected chi connectivity index (χ0v) is 12.8. The molecule has 0 saturated heterocycles. The summed E-state index contributed by atoms with van der Waals surface area (Å²) in [5.41, 5.74) is -1.50. The first-order valence-electron chi connectivity index (χ1n) is 5.30. The number of hydrogen-bond acceptors (Lipinski definition) is 4. The molecular formula is C9H19F3O4SSi. The van der Waals surface area contributed by atoms with Crippen molar-refractivity contribution in [2.45, 2.75) is 56.3 Å². The van der Waals surface area contributed by atoms with E-state index in [1.807, 2.05) is 0 Å². The van der Waals surface area contributed by atoms with Crippen molar-refractivity contribution < 1.29 is 31.2 Å². The highest BCUT2D eigenvalue weighted by molar-refractivity contribution is 7.87. The molecule has 0 heterocycles. The highest BCUT2D eigenvalue weighted by Gasteiger charge is 2.53. The van der Waals surface area contributed by atoms with E-state index in [0.29, 0.717) is 0 Å². The van der Waals surface area contributed by atoms with E-state index in [4.69, 9.17) is 0 Å². The monoisotopic (exact) mass is 308 g/mol. The summed E-state index contributed by atoms with van der Waals surface area (Å²) in [6, 6.07) is 0. The lowest BCUT2D eigenvalue weighted by Crippen LogP contribution is -2.52. The first-order chi connectivity index (χ1) is 7.69. The maximum atomic E-state index is 13.3. The molecule has 18 heavy (non-hydrogen) atoms. The van der Waals surface area contributed by atoms with Crippen molar-refractivity contribution in [2.24, 2.45) is 0 Å². The normalized spacial score (nSPS) is 16.7. The number of aliphatic hydroxyl groups is 1. The summed E-state index contributed by atoms with van der Waals surface area (Å²) in [4.78, 5) is 0. The molecule has 0 aliphatic rings. The molecule has 0 radical (unpaired) electrons. The first kappa shape index (κ1) is 17.9. The fourth-order valence-corrected chi connectivity index (χ4v) is 3.50. The molecule has 1 N–H and O–H groups in total. The molecule has 1 atom stereocenters. The van der Waals surface area contributed by atoms with Crippen LogP contribution in [0, 0.1) is 0 Å². The number of halogens is 3. The Labute approximate surface area is 106 Å². The Balaban J connectivity index is 5.15. The Hall–Kier alpha value is -0.123. The molecule has 0 spiro atoms. The van der Waals surface area contributed by atoms with Crippen molar-refractivity contribution in [3.05, 3.63) is 0 Å². The van der Waals surface area contributed by atoms with E-state index in [1.165, 1.54) is 0 Å². The smallest absolute Gasteiger partial charge is 0.374 e. The van der Waals surface area contributed by atoms with Gasteiger partial charge in [0, 0.05) is 0 Å². The molecule has 0 aliphatic carbocycles. The standard InChI is InChI=1S/C9H19F3O4SSi/c1-8(2,3)18(4,5)7(13)6-9(10,11)17(14,15)16-12/h7,13H,6H2,1-5H3. The second kappa shape index (κ2) is 5.10. The van der Waals surface area contributed by atoms with Gasteiger partial charge in [-0.05, 0) is 9.56 Å². The maximum Gasteiger partial charge on any atom is 0.374 e. The molecule has 110 valence electrons. The van der Waals surface area contributed by atoms with Gasteiger partial charge in [-0.2, -0.15) is 17.2 Å². The zero-order valence-electron chi connectivity index (χ0n) is 11.0. The first-order valence-corrected chi connectivity index (χ1v) is 9.78. The molecule has 0 rings (SSSR count). The summed E-state index contributed by atoms with van der Waals surface area (Å²) >= 11 is 0. The summed E-state index contributed by atoms with van der Waals surface area (Å²) in [5.74, 6) is 0. The number of hydrogen-bond donors (Lipinski definition) is 1. The van der Waals surface area contributed by atoms with Crippen LogP contribution >= 0.6 is 0 Å². The lowest BCUT2D eigenvalue weighted by atomic mass is 10.2. The van der Waals surface area contributed by atoms with Gasteiger partial charge >= 0.3 is 15.4 Å². The van der Waals surface area contributed by atoms with Gasteiger partial charge in [0.15, 0.2) is 0 Å². The second-order valence-corrected chi connectivity index (χ2v) is 13.1. The lowest BCUT2D eigenvalue weighted by molar-refractivity contribution is -0.0359. The summed E-state index contributed by atoms with van der Waals surface area (Å²) in [5, 5.41) is 4.98. The molecule has 0 saturated carbocycles. The van der Waals surface area contributed by atoms with Crippen molar-refractivity contribution in [1.29, 1.82) is 0 Å². The van der Waals surface area contributed by atoms with Crippen LogP contribution in [-0.2, 0) is 14.5 Å². The van der Waals surface area contributed by atoms with Gasteiger partial charge in [0.1, 0.15) is 0 Å². The third kappa shape index (κ3) is 3.46. The molecule has 9 heteroatoms. The Morgan fingerprint density at radius 3 is 1.94 bits per heavy atom. The Morgan fingerprint density at radius 1 is 1.28 bits per heavy atom. The van der Waals surface area contributed by atoms with Crippen LogP contribution < -0.4 is 0 Å². The van der Waals surface area contributed by atoms with Crippen LogP contribution in [0.5, 0.6) is 0 Å². The van der Waals surface area contributed by atoms with Crippen LogP contribution in [0.25, 0.3) is 0 Å². The molecule has 0 fully saturated rings.